The summed E-state index contributed by atoms with van der Waals surface area (Å²) >= 11 is 0. The van der Waals surface area contributed by atoms with Crippen LogP contribution in [0.4, 0.5) is 5.69 Å². The highest BCUT2D eigenvalue weighted by atomic mass is 16.5. The summed E-state index contributed by atoms with van der Waals surface area (Å²) in [4.78, 5) is 2.32. The van der Waals surface area contributed by atoms with E-state index in [-0.39, 0.29) is 0 Å². The summed E-state index contributed by atoms with van der Waals surface area (Å²) in [5.74, 6) is 0.920. The van der Waals surface area contributed by atoms with Crippen LogP contribution >= 0.6 is 0 Å². The summed E-state index contributed by atoms with van der Waals surface area (Å²) in [6, 6.07) is 8.11. The van der Waals surface area contributed by atoms with E-state index in [4.69, 9.17) is 10.3 Å². The predicted molar refractivity (Wildman–Crippen MR) is 65.0 cm³/mol. The highest BCUT2D eigenvalue weighted by Crippen LogP contribution is 2.26. The zero-order valence-electron chi connectivity index (χ0n) is 9.81. The average molecular weight is 229 g/mol. The van der Waals surface area contributed by atoms with Crippen LogP contribution in [0.25, 0.3) is 0 Å². The van der Waals surface area contributed by atoms with Crippen molar-refractivity contribution in [2.75, 3.05) is 5.73 Å². The Bertz CT molecular complexity index is 545. The van der Waals surface area contributed by atoms with E-state index in [0.717, 1.165) is 36.8 Å². The van der Waals surface area contributed by atoms with Crippen molar-refractivity contribution in [1.29, 1.82) is 0 Å². The van der Waals surface area contributed by atoms with Gasteiger partial charge in [0, 0.05) is 24.8 Å². The summed E-state index contributed by atoms with van der Waals surface area (Å²) in [6.07, 6.45) is 0. The molecule has 4 nitrogen and oxygen atoms in total. The third kappa shape index (κ3) is 2.03. The Balaban J connectivity index is 1.74. The van der Waals surface area contributed by atoms with Crippen molar-refractivity contribution < 1.29 is 4.52 Å². The van der Waals surface area contributed by atoms with Gasteiger partial charge in [0.2, 0.25) is 0 Å². The molecule has 0 aliphatic carbocycles. The topological polar surface area (TPSA) is 55.3 Å². The second-order valence-electron chi connectivity index (χ2n) is 4.61. The van der Waals surface area contributed by atoms with Crippen molar-refractivity contribution in [3.63, 3.8) is 0 Å². The number of anilines is 1. The first kappa shape index (κ1) is 10.4. The SMILES string of the molecule is Cc1cc(CN2Cc3ccc(N)cc3C2)on1. The van der Waals surface area contributed by atoms with Crippen LogP contribution in [0.15, 0.2) is 28.8 Å². The van der Waals surface area contributed by atoms with E-state index in [0.29, 0.717) is 0 Å². The maximum absolute atomic E-state index is 5.79. The van der Waals surface area contributed by atoms with E-state index >= 15 is 0 Å². The summed E-state index contributed by atoms with van der Waals surface area (Å²) in [6.45, 7) is 4.62. The Morgan fingerprint density at radius 1 is 1.29 bits per heavy atom. The van der Waals surface area contributed by atoms with Gasteiger partial charge in [0.1, 0.15) is 0 Å². The van der Waals surface area contributed by atoms with E-state index in [1.54, 1.807) is 0 Å². The van der Waals surface area contributed by atoms with E-state index in [1.165, 1.54) is 11.1 Å². The van der Waals surface area contributed by atoms with Crippen molar-refractivity contribution in [1.82, 2.24) is 10.1 Å². The van der Waals surface area contributed by atoms with Crippen molar-refractivity contribution in [3.05, 3.63) is 46.8 Å². The third-order valence-electron chi connectivity index (χ3n) is 3.07. The summed E-state index contributed by atoms with van der Waals surface area (Å²) in [7, 11) is 0. The van der Waals surface area contributed by atoms with Gasteiger partial charge in [0.15, 0.2) is 5.76 Å². The van der Waals surface area contributed by atoms with E-state index in [2.05, 4.69) is 22.2 Å². The third-order valence-corrected chi connectivity index (χ3v) is 3.07. The van der Waals surface area contributed by atoms with Crippen molar-refractivity contribution in [2.24, 2.45) is 0 Å². The largest absolute Gasteiger partial charge is 0.399 e. The number of aryl methyl sites for hydroxylation is 1. The quantitative estimate of drug-likeness (QED) is 0.801. The lowest BCUT2D eigenvalue weighted by atomic mass is 10.1. The van der Waals surface area contributed by atoms with Gasteiger partial charge in [-0.25, -0.2) is 0 Å². The molecule has 1 aliphatic heterocycles. The van der Waals surface area contributed by atoms with Gasteiger partial charge in [0.25, 0.3) is 0 Å². The van der Waals surface area contributed by atoms with Gasteiger partial charge in [-0.3, -0.25) is 4.90 Å². The predicted octanol–water partition coefficient (Wildman–Crippen LogP) is 2.08. The molecule has 88 valence electrons. The molecular weight excluding hydrogens is 214 g/mol. The van der Waals surface area contributed by atoms with Crippen LogP contribution in [0.1, 0.15) is 22.6 Å². The lowest BCUT2D eigenvalue weighted by Crippen LogP contribution is -2.15. The van der Waals surface area contributed by atoms with Gasteiger partial charge in [0.05, 0.1) is 12.2 Å². The monoisotopic (exact) mass is 229 g/mol. The normalized spacial score (nSPS) is 15.1. The number of nitrogens with two attached hydrogens (primary N) is 1. The Kier molecular flexibility index (Phi) is 2.37. The maximum atomic E-state index is 5.79. The molecule has 2 heterocycles. The Morgan fingerprint density at radius 3 is 2.88 bits per heavy atom. The van der Waals surface area contributed by atoms with Gasteiger partial charge >= 0.3 is 0 Å². The molecule has 0 bridgehead atoms. The Morgan fingerprint density at radius 2 is 2.12 bits per heavy atom. The number of hydrogen-bond donors (Lipinski definition) is 1. The molecule has 0 amide bonds. The molecule has 4 heteroatoms. The Labute approximate surface area is 100 Å². The van der Waals surface area contributed by atoms with Crippen LogP contribution in [0.3, 0.4) is 0 Å². The zero-order chi connectivity index (χ0) is 11.8. The molecular formula is C13H15N3O. The minimum absolute atomic E-state index is 0.801. The number of benzene rings is 1. The first-order valence-corrected chi connectivity index (χ1v) is 5.72. The fourth-order valence-corrected chi connectivity index (χ4v) is 2.31. The summed E-state index contributed by atoms with van der Waals surface area (Å²) in [5.41, 5.74) is 10.2. The van der Waals surface area contributed by atoms with E-state index < -0.39 is 0 Å². The molecule has 2 N–H and O–H groups in total. The fourth-order valence-electron chi connectivity index (χ4n) is 2.31. The van der Waals surface area contributed by atoms with Crippen molar-refractivity contribution in [2.45, 2.75) is 26.6 Å². The summed E-state index contributed by atoms with van der Waals surface area (Å²) in [5, 5.41) is 3.90. The number of rotatable bonds is 2. The second kappa shape index (κ2) is 3.89. The minimum Gasteiger partial charge on any atom is -0.399 e. The van der Waals surface area contributed by atoms with E-state index in [9.17, 15) is 0 Å². The molecule has 1 aliphatic rings. The van der Waals surface area contributed by atoms with Crippen LogP contribution in [0, 0.1) is 6.92 Å². The van der Waals surface area contributed by atoms with Crippen LogP contribution in [0.5, 0.6) is 0 Å². The molecule has 0 unspecified atom stereocenters. The standard InChI is InChI=1S/C13H15N3O/c1-9-4-13(17-15-9)8-16-6-10-2-3-12(14)5-11(10)7-16/h2-5H,6-8,14H2,1H3. The van der Waals surface area contributed by atoms with Gasteiger partial charge in [-0.05, 0) is 30.2 Å². The lowest BCUT2D eigenvalue weighted by molar-refractivity contribution is 0.236. The molecule has 2 aromatic rings. The number of aromatic nitrogens is 1. The molecule has 0 saturated heterocycles. The number of nitrogens with zero attached hydrogens (tertiary/aromatic N) is 2. The minimum atomic E-state index is 0.801. The van der Waals surface area contributed by atoms with Gasteiger partial charge in [-0.1, -0.05) is 11.2 Å². The molecule has 0 saturated carbocycles. The first-order chi connectivity index (χ1) is 8.20. The highest BCUT2D eigenvalue weighted by molar-refractivity contribution is 5.46. The van der Waals surface area contributed by atoms with Gasteiger partial charge in [-0.15, -0.1) is 0 Å². The first-order valence-electron chi connectivity index (χ1n) is 5.72. The fraction of sp³-hybridized carbons (Fsp3) is 0.308. The van der Waals surface area contributed by atoms with Crippen LogP contribution in [-0.4, -0.2) is 10.1 Å². The molecule has 3 rings (SSSR count). The van der Waals surface area contributed by atoms with Crippen LogP contribution in [0.2, 0.25) is 0 Å². The molecule has 0 fully saturated rings. The highest BCUT2D eigenvalue weighted by Gasteiger charge is 2.20. The van der Waals surface area contributed by atoms with Crippen LogP contribution in [-0.2, 0) is 19.6 Å². The summed E-state index contributed by atoms with van der Waals surface area (Å²) < 4.78 is 5.23. The Hall–Kier alpha value is -1.81. The number of hydrogen-bond acceptors (Lipinski definition) is 4. The molecule has 1 aromatic carbocycles. The van der Waals surface area contributed by atoms with Gasteiger partial charge < -0.3 is 10.3 Å². The van der Waals surface area contributed by atoms with Crippen molar-refractivity contribution in [3.8, 4) is 0 Å². The lowest BCUT2D eigenvalue weighted by Gasteiger charge is -2.11. The number of fused-ring (bicyclic) bond motifs is 1. The molecule has 0 atom stereocenters. The van der Waals surface area contributed by atoms with Crippen molar-refractivity contribution >= 4 is 5.69 Å². The molecule has 1 aromatic heterocycles. The van der Waals surface area contributed by atoms with Gasteiger partial charge in [-0.2, -0.15) is 0 Å². The van der Waals surface area contributed by atoms with E-state index in [1.807, 2.05) is 19.1 Å². The zero-order valence-corrected chi connectivity index (χ0v) is 9.81. The smallest absolute Gasteiger partial charge is 0.150 e. The average Bonchev–Trinajstić information content (AvgIpc) is 2.84. The van der Waals surface area contributed by atoms with Crippen LogP contribution < -0.4 is 5.73 Å². The molecule has 0 radical (unpaired) electrons. The molecule has 17 heavy (non-hydrogen) atoms. The second-order valence-corrected chi connectivity index (χ2v) is 4.61. The molecule has 0 spiro atoms. The maximum Gasteiger partial charge on any atom is 0.150 e. The number of nitrogen functional groups attached to an aromatic ring is 1.